The van der Waals surface area contributed by atoms with Crippen LogP contribution in [0.3, 0.4) is 0 Å². The van der Waals surface area contributed by atoms with E-state index in [0.717, 1.165) is 28.5 Å². The normalized spacial score (nSPS) is 16.4. The molecule has 3 rings (SSSR count). The van der Waals surface area contributed by atoms with Gasteiger partial charge in [-0.2, -0.15) is 0 Å². The SMILES string of the molecule is Nc1ccc2c(c1N)C(C=O)c1ccccc1-2. The molecule has 0 bridgehead atoms. The van der Waals surface area contributed by atoms with Gasteiger partial charge in [-0.3, -0.25) is 0 Å². The maximum atomic E-state index is 11.3. The van der Waals surface area contributed by atoms with Crippen LogP contribution in [-0.2, 0) is 4.79 Å². The van der Waals surface area contributed by atoms with Crippen molar-refractivity contribution in [2.45, 2.75) is 5.92 Å². The van der Waals surface area contributed by atoms with Crippen molar-refractivity contribution in [1.82, 2.24) is 0 Å². The first-order valence-electron chi connectivity index (χ1n) is 5.46. The summed E-state index contributed by atoms with van der Waals surface area (Å²) >= 11 is 0. The quantitative estimate of drug-likeness (QED) is 0.576. The lowest BCUT2D eigenvalue weighted by Gasteiger charge is -2.10. The van der Waals surface area contributed by atoms with Crippen LogP contribution in [0.5, 0.6) is 0 Å². The van der Waals surface area contributed by atoms with Crippen LogP contribution in [0.4, 0.5) is 11.4 Å². The van der Waals surface area contributed by atoms with Gasteiger partial charge in [0.1, 0.15) is 6.29 Å². The van der Waals surface area contributed by atoms with Crippen molar-refractivity contribution in [3.05, 3.63) is 47.5 Å². The van der Waals surface area contributed by atoms with Crippen LogP contribution in [0.1, 0.15) is 17.0 Å². The minimum absolute atomic E-state index is 0.287. The number of nitrogen functional groups attached to an aromatic ring is 2. The van der Waals surface area contributed by atoms with E-state index in [4.69, 9.17) is 11.5 Å². The Bertz CT molecular complexity index is 620. The Morgan fingerprint density at radius 3 is 2.53 bits per heavy atom. The van der Waals surface area contributed by atoms with E-state index in [1.807, 2.05) is 30.3 Å². The first kappa shape index (κ1) is 9.90. The molecule has 84 valence electrons. The Hall–Kier alpha value is -2.29. The molecule has 3 nitrogen and oxygen atoms in total. The van der Waals surface area contributed by atoms with Crippen LogP contribution < -0.4 is 11.5 Å². The fourth-order valence-electron chi connectivity index (χ4n) is 2.53. The number of nitrogens with two attached hydrogens (primary N) is 2. The summed E-state index contributed by atoms with van der Waals surface area (Å²) in [5.74, 6) is -0.287. The molecule has 0 aliphatic heterocycles. The van der Waals surface area contributed by atoms with Gasteiger partial charge < -0.3 is 16.3 Å². The molecule has 0 radical (unpaired) electrons. The minimum Gasteiger partial charge on any atom is -0.397 e. The lowest BCUT2D eigenvalue weighted by atomic mass is 9.97. The van der Waals surface area contributed by atoms with Gasteiger partial charge in [-0.15, -0.1) is 0 Å². The van der Waals surface area contributed by atoms with Gasteiger partial charge in [-0.25, -0.2) is 0 Å². The fraction of sp³-hybridized carbons (Fsp3) is 0.0714. The molecule has 2 aromatic rings. The van der Waals surface area contributed by atoms with Crippen LogP contribution in [0, 0.1) is 0 Å². The summed E-state index contributed by atoms with van der Waals surface area (Å²) in [6, 6.07) is 11.6. The topological polar surface area (TPSA) is 69.1 Å². The molecule has 1 aliphatic rings. The van der Waals surface area contributed by atoms with Crippen molar-refractivity contribution in [2.75, 3.05) is 11.5 Å². The fourth-order valence-corrected chi connectivity index (χ4v) is 2.53. The van der Waals surface area contributed by atoms with Crippen molar-refractivity contribution in [2.24, 2.45) is 0 Å². The third kappa shape index (κ3) is 1.19. The van der Waals surface area contributed by atoms with Gasteiger partial charge >= 0.3 is 0 Å². The van der Waals surface area contributed by atoms with Gasteiger partial charge in [-0.05, 0) is 28.3 Å². The van der Waals surface area contributed by atoms with Gasteiger partial charge in [-0.1, -0.05) is 30.3 Å². The lowest BCUT2D eigenvalue weighted by molar-refractivity contribution is -0.108. The zero-order chi connectivity index (χ0) is 12.0. The van der Waals surface area contributed by atoms with E-state index in [9.17, 15) is 4.79 Å². The number of rotatable bonds is 1. The lowest BCUT2D eigenvalue weighted by Crippen LogP contribution is -2.04. The highest BCUT2D eigenvalue weighted by atomic mass is 16.1. The Balaban J connectivity index is 2.39. The predicted octanol–water partition coefficient (Wildman–Crippen LogP) is 2.16. The highest BCUT2D eigenvalue weighted by Crippen LogP contribution is 2.47. The number of aldehydes is 1. The monoisotopic (exact) mass is 224 g/mol. The first-order chi connectivity index (χ1) is 8.24. The summed E-state index contributed by atoms with van der Waals surface area (Å²) in [6.45, 7) is 0. The number of anilines is 2. The molecule has 0 spiro atoms. The Kier molecular flexibility index (Phi) is 1.95. The third-order valence-electron chi connectivity index (χ3n) is 3.35. The molecule has 0 fully saturated rings. The summed E-state index contributed by atoms with van der Waals surface area (Å²) in [7, 11) is 0. The van der Waals surface area contributed by atoms with E-state index < -0.39 is 0 Å². The molecule has 0 aromatic heterocycles. The second kappa shape index (κ2) is 3.35. The summed E-state index contributed by atoms with van der Waals surface area (Å²) in [5, 5.41) is 0. The van der Waals surface area contributed by atoms with E-state index in [0.29, 0.717) is 11.4 Å². The smallest absolute Gasteiger partial charge is 0.131 e. The largest absolute Gasteiger partial charge is 0.397 e. The number of carbonyl (C=O) groups excluding carboxylic acids is 1. The second-order valence-corrected chi connectivity index (χ2v) is 4.23. The molecule has 0 heterocycles. The zero-order valence-electron chi connectivity index (χ0n) is 9.18. The third-order valence-corrected chi connectivity index (χ3v) is 3.35. The summed E-state index contributed by atoms with van der Waals surface area (Å²) in [4.78, 5) is 11.3. The molecular formula is C14H12N2O. The van der Waals surface area contributed by atoms with E-state index in [-0.39, 0.29) is 5.92 Å². The zero-order valence-corrected chi connectivity index (χ0v) is 9.18. The number of fused-ring (bicyclic) bond motifs is 3. The van der Waals surface area contributed by atoms with E-state index in [1.54, 1.807) is 6.07 Å². The van der Waals surface area contributed by atoms with Crippen LogP contribution in [0.2, 0.25) is 0 Å². The number of carbonyl (C=O) groups is 1. The van der Waals surface area contributed by atoms with Gasteiger partial charge in [0.05, 0.1) is 17.3 Å². The molecule has 1 atom stereocenters. The van der Waals surface area contributed by atoms with Crippen molar-refractivity contribution in [1.29, 1.82) is 0 Å². The molecule has 0 saturated carbocycles. The molecule has 17 heavy (non-hydrogen) atoms. The number of benzene rings is 2. The number of hydrogen-bond donors (Lipinski definition) is 2. The Morgan fingerprint density at radius 1 is 1.00 bits per heavy atom. The molecule has 3 heteroatoms. The van der Waals surface area contributed by atoms with Gasteiger partial charge in [0, 0.05) is 0 Å². The van der Waals surface area contributed by atoms with Gasteiger partial charge in [0.25, 0.3) is 0 Å². The molecule has 2 aromatic carbocycles. The maximum Gasteiger partial charge on any atom is 0.131 e. The van der Waals surface area contributed by atoms with Crippen molar-refractivity contribution < 1.29 is 4.79 Å². The van der Waals surface area contributed by atoms with E-state index in [1.165, 1.54) is 0 Å². The summed E-state index contributed by atoms with van der Waals surface area (Å²) < 4.78 is 0. The van der Waals surface area contributed by atoms with Crippen LogP contribution in [-0.4, -0.2) is 6.29 Å². The molecular weight excluding hydrogens is 212 g/mol. The average Bonchev–Trinajstić information content (AvgIpc) is 2.68. The standard InChI is InChI=1S/C14H12N2O/c15-12-6-5-10-8-3-1-2-4-9(8)11(7-17)13(10)14(12)16/h1-7,11H,15-16H2. The number of hydrogen-bond acceptors (Lipinski definition) is 3. The molecule has 4 N–H and O–H groups in total. The molecule has 0 saturated heterocycles. The highest BCUT2D eigenvalue weighted by Gasteiger charge is 2.30. The van der Waals surface area contributed by atoms with Crippen molar-refractivity contribution >= 4 is 17.7 Å². The molecule has 1 unspecified atom stereocenters. The van der Waals surface area contributed by atoms with E-state index >= 15 is 0 Å². The maximum absolute atomic E-state index is 11.3. The van der Waals surface area contributed by atoms with Crippen molar-refractivity contribution in [3.63, 3.8) is 0 Å². The summed E-state index contributed by atoms with van der Waals surface area (Å²) in [6.07, 6.45) is 0.931. The second-order valence-electron chi connectivity index (χ2n) is 4.23. The Labute approximate surface area is 99.1 Å². The molecule has 1 aliphatic carbocycles. The van der Waals surface area contributed by atoms with Crippen LogP contribution >= 0.6 is 0 Å². The van der Waals surface area contributed by atoms with Gasteiger partial charge in [0.15, 0.2) is 0 Å². The van der Waals surface area contributed by atoms with Crippen LogP contribution in [0.25, 0.3) is 11.1 Å². The van der Waals surface area contributed by atoms with Crippen LogP contribution in [0.15, 0.2) is 36.4 Å². The Morgan fingerprint density at radius 2 is 1.76 bits per heavy atom. The minimum atomic E-state index is -0.287. The van der Waals surface area contributed by atoms with Gasteiger partial charge in [0.2, 0.25) is 0 Å². The summed E-state index contributed by atoms with van der Waals surface area (Å²) in [5.41, 5.74) is 16.8. The van der Waals surface area contributed by atoms with Crippen molar-refractivity contribution in [3.8, 4) is 11.1 Å². The first-order valence-corrected chi connectivity index (χ1v) is 5.46. The van der Waals surface area contributed by atoms with E-state index in [2.05, 4.69) is 0 Å². The highest BCUT2D eigenvalue weighted by molar-refractivity contribution is 5.94. The molecule has 0 amide bonds. The predicted molar refractivity (Wildman–Crippen MR) is 68.6 cm³/mol. The average molecular weight is 224 g/mol.